The number of hydrogen-bond donors (Lipinski definition) is 3. The van der Waals surface area contributed by atoms with E-state index in [1.165, 1.54) is 17.8 Å². The molecule has 38 heavy (non-hydrogen) atoms. The lowest BCUT2D eigenvalue weighted by molar-refractivity contribution is 0.404. The van der Waals surface area contributed by atoms with Crippen molar-refractivity contribution < 1.29 is 28.3 Å². The Hall–Kier alpha value is -1.38. The molecule has 3 N–H and O–H groups in total. The zero-order valence-electron chi connectivity index (χ0n) is 22.3. The van der Waals surface area contributed by atoms with Crippen LogP contribution in [0.2, 0.25) is 0 Å². The minimum absolute atomic E-state index is 0.221. The zero-order valence-corrected chi connectivity index (χ0v) is 25.5. The lowest BCUT2D eigenvalue weighted by atomic mass is 10.0. The van der Waals surface area contributed by atoms with Crippen LogP contribution in [0.25, 0.3) is 22.3 Å². The second-order valence-electron chi connectivity index (χ2n) is 7.44. The van der Waals surface area contributed by atoms with Gasteiger partial charge in [0.25, 0.3) is 8.38 Å². The first-order valence-electron chi connectivity index (χ1n) is 11.8. The monoisotopic (exact) mass is 630 g/mol. The molecule has 4 unspecified atom stereocenters. The molecule has 0 amide bonds. The molecule has 0 fully saturated rings. The van der Waals surface area contributed by atoms with Crippen LogP contribution in [0.15, 0.2) is 97.1 Å². The van der Waals surface area contributed by atoms with E-state index in [1.807, 2.05) is 66.7 Å². The molecule has 0 saturated heterocycles. The molecule has 6 rings (SSSR count). The van der Waals surface area contributed by atoms with Crippen LogP contribution in [0.3, 0.4) is 0 Å². The summed E-state index contributed by atoms with van der Waals surface area (Å²) >= 11 is 11.0. The number of rotatable bonds is 3. The van der Waals surface area contributed by atoms with E-state index in [1.54, 1.807) is 7.11 Å². The van der Waals surface area contributed by atoms with Crippen LogP contribution in [0.4, 0.5) is 0 Å². The van der Waals surface area contributed by atoms with Crippen LogP contribution in [0, 0.1) is 0 Å². The topological polar surface area (TPSA) is 88.4 Å². The Kier molecular flexibility index (Phi) is 11.9. The predicted octanol–water partition coefficient (Wildman–Crippen LogP) is 7.89. The number of hydrogen-bond acceptors (Lipinski definition) is 6. The molecule has 0 aliphatic carbocycles. The number of halogens is 2. The van der Waals surface area contributed by atoms with Crippen molar-refractivity contribution in [3.63, 3.8) is 0 Å². The van der Waals surface area contributed by atoms with Crippen LogP contribution in [0.5, 0.6) is 11.5 Å². The molecule has 0 spiro atoms. The van der Waals surface area contributed by atoms with Crippen molar-refractivity contribution in [2.24, 2.45) is 0 Å². The van der Waals surface area contributed by atoms with Gasteiger partial charge in [0.1, 0.15) is 19.7 Å². The number of para-hydroxylation sites is 2. The quantitative estimate of drug-likeness (QED) is 0.200. The number of benzene rings is 4. The maximum Gasteiger partial charge on any atom is 0.265 e. The molecule has 2 aliphatic heterocycles. The summed E-state index contributed by atoms with van der Waals surface area (Å²) in [5.74, 6) is 1.80. The van der Waals surface area contributed by atoms with E-state index in [-0.39, 0.29) is 8.16 Å². The Bertz CT molecular complexity index is 1360. The summed E-state index contributed by atoms with van der Waals surface area (Å²) in [6.45, 7) is 1.43. The largest absolute Gasteiger partial charge is 0.453 e. The van der Waals surface area contributed by atoms with Crippen LogP contribution >= 0.6 is 54.9 Å². The minimum atomic E-state index is -1.43. The van der Waals surface area contributed by atoms with Gasteiger partial charge in [0.05, 0.1) is 5.30 Å². The summed E-state index contributed by atoms with van der Waals surface area (Å²) in [5, 5.41) is 2.26. The van der Waals surface area contributed by atoms with Gasteiger partial charge in [-0.2, -0.15) is 0 Å². The molecule has 0 bridgehead atoms. The van der Waals surface area contributed by atoms with Crippen molar-refractivity contribution in [3.05, 3.63) is 97.1 Å². The van der Waals surface area contributed by atoms with Crippen LogP contribution < -0.4 is 19.7 Å². The second kappa shape index (κ2) is 16.0. The average molecular weight is 631 g/mol. The van der Waals surface area contributed by atoms with Gasteiger partial charge in [-0.15, -0.1) is 0 Å². The molecule has 4 aromatic rings. The summed E-state index contributed by atoms with van der Waals surface area (Å²) in [7, 11) is -1.96. The zero-order chi connectivity index (χ0) is 28.9. The van der Waals surface area contributed by atoms with Gasteiger partial charge in [-0.25, -0.2) is 0 Å². The van der Waals surface area contributed by atoms with Crippen molar-refractivity contribution in [1.82, 2.24) is 0 Å². The Balaban J connectivity index is 0.000000171. The van der Waals surface area contributed by atoms with Gasteiger partial charge in [-0.3, -0.25) is 0 Å². The third kappa shape index (κ3) is 8.31. The van der Waals surface area contributed by atoms with Gasteiger partial charge in [-0.05, 0) is 46.6 Å². The first-order chi connectivity index (χ1) is 19.4. The van der Waals surface area contributed by atoms with Gasteiger partial charge in [0, 0.05) is 30.2 Å². The maximum atomic E-state index is 8.02. The molecule has 200 valence electrons. The summed E-state index contributed by atoms with van der Waals surface area (Å²) in [5.41, 5.74) is 4.69. The van der Waals surface area contributed by atoms with E-state index in [4.69, 9.17) is 43.8 Å². The highest BCUT2D eigenvalue weighted by atomic mass is 35.7. The van der Waals surface area contributed by atoms with Gasteiger partial charge in [-0.1, -0.05) is 84.0 Å². The third-order valence-corrected chi connectivity index (χ3v) is 8.43. The van der Waals surface area contributed by atoms with E-state index in [9.17, 15) is 0 Å². The molecular weight excluding hydrogens is 603 g/mol. The highest BCUT2D eigenvalue weighted by molar-refractivity contribution is 7.86. The van der Waals surface area contributed by atoms with Crippen molar-refractivity contribution in [2.45, 2.75) is 0 Å². The summed E-state index contributed by atoms with van der Waals surface area (Å²) in [6.07, 6.45) is 0. The standard InChI is InChI=1S/C13H11O2P.C12H8ClOP.CH5O2P.ClH2OP/c1-14-16-13-9-5-3-7-11(13)10-6-2-4-8-12(10)15-16;13-15-12-8-4-2-6-10(12)9-5-1-3-7-11(9)14-15;1-4(2)3;1-3-2/h2-9H,1H3;1-8H;2-3H,1H3;2-3H/i;;2*2D. The third-order valence-electron chi connectivity index (χ3n) is 5.07. The first-order valence-corrected chi connectivity index (χ1v) is 17.9. The molecule has 2 aliphatic rings. The van der Waals surface area contributed by atoms with Crippen molar-refractivity contribution in [3.8, 4) is 33.8 Å². The fourth-order valence-corrected chi connectivity index (χ4v) is 6.65. The lowest BCUT2D eigenvalue weighted by Crippen LogP contribution is -2.14. The lowest BCUT2D eigenvalue weighted by Gasteiger charge is -2.25. The minimum Gasteiger partial charge on any atom is -0.453 e. The van der Waals surface area contributed by atoms with E-state index in [0.29, 0.717) is 0 Å². The van der Waals surface area contributed by atoms with Crippen molar-refractivity contribution in [2.75, 3.05) is 13.8 Å². The molecule has 0 saturated carbocycles. The fraction of sp³-hybridized carbons (Fsp3) is 0.0769. The van der Waals surface area contributed by atoms with Crippen LogP contribution in [-0.4, -0.2) is 31.3 Å². The molecule has 0 aromatic heterocycles. The summed E-state index contributed by atoms with van der Waals surface area (Å²) in [6, 6.07) is 32.5. The SMILES string of the molecule is COP1Oc2ccccc2-c2ccccc21.ClP1Oc2ccccc2-c2ccccc21.[2H]OP(C)O.[2H]OPCl. The summed E-state index contributed by atoms with van der Waals surface area (Å²) in [4.78, 5) is 15.2. The highest BCUT2D eigenvalue weighted by Gasteiger charge is 2.26. The van der Waals surface area contributed by atoms with Crippen LogP contribution in [-0.2, 0) is 4.52 Å². The molecule has 0 radical (unpaired) electrons. The van der Waals surface area contributed by atoms with Gasteiger partial charge < -0.3 is 28.3 Å². The second-order valence-corrected chi connectivity index (χ2v) is 12.6. The van der Waals surface area contributed by atoms with E-state index >= 15 is 0 Å². The van der Waals surface area contributed by atoms with Gasteiger partial charge >= 0.3 is 0 Å². The van der Waals surface area contributed by atoms with Crippen molar-refractivity contribution in [1.29, 1.82) is 2.86 Å². The predicted molar refractivity (Wildman–Crippen MR) is 165 cm³/mol. The first kappa shape index (κ1) is 28.2. The molecular formula is C26H26Cl2O6P4. The van der Waals surface area contributed by atoms with Gasteiger partial charge in [0.15, 0.2) is 8.38 Å². The normalized spacial score (nSPS) is 17.3. The molecule has 6 nitrogen and oxygen atoms in total. The van der Waals surface area contributed by atoms with Crippen molar-refractivity contribution >= 4 is 65.5 Å². The summed E-state index contributed by atoms with van der Waals surface area (Å²) < 4.78 is 28.7. The Labute approximate surface area is 240 Å². The van der Waals surface area contributed by atoms with Gasteiger partial charge in [0.2, 0.25) is 10.4 Å². The highest BCUT2D eigenvalue weighted by Crippen LogP contribution is 2.51. The molecule has 2 heterocycles. The van der Waals surface area contributed by atoms with E-state index < -0.39 is 24.3 Å². The van der Waals surface area contributed by atoms with E-state index in [2.05, 4.69) is 40.1 Å². The Morgan fingerprint density at radius 3 is 1.71 bits per heavy atom. The Morgan fingerprint density at radius 1 is 0.789 bits per heavy atom. The average Bonchev–Trinajstić information content (AvgIpc) is 3.01. The number of fused-ring (bicyclic) bond motifs is 6. The smallest absolute Gasteiger partial charge is 0.265 e. The van der Waals surface area contributed by atoms with Crippen LogP contribution in [0.1, 0.15) is 0 Å². The molecule has 4 aromatic carbocycles. The Morgan fingerprint density at radius 2 is 1.21 bits per heavy atom. The molecule has 12 heteroatoms. The van der Waals surface area contributed by atoms with E-state index in [0.717, 1.165) is 33.2 Å². The molecule has 4 atom stereocenters. The fourth-order valence-electron chi connectivity index (χ4n) is 3.66. The maximum absolute atomic E-state index is 8.02.